The van der Waals surface area contributed by atoms with E-state index < -0.39 is 0 Å². The molecule has 0 saturated heterocycles. The van der Waals surface area contributed by atoms with Gasteiger partial charge in [-0.3, -0.25) is 9.36 Å². The van der Waals surface area contributed by atoms with Crippen LogP contribution in [0.1, 0.15) is 38.3 Å². The minimum absolute atomic E-state index is 0.263. The maximum absolute atomic E-state index is 12.9. The first kappa shape index (κ1) is 19.5. The van der Waals surface area contributed by atoms with Crippen LogP contribution in [0.4, 0.5) is 0 Å². The molecule has 0 radical (unpaired) electrons. The first-order chi connectivity index (χ1) is 12.7. The average Bonchev–Trinajstić information content (AvgIpc) is 2.67. The van der Waals surface area contributed by atoms with Crippen LogP contribution in [0.2, 0.25) is 0 Å². The summed E-state index contributed by atoms with van der Waals surface area (Å²) >= 11 is 0. The Morgan fingerprint density at radius 2 is 1.73 bits per heavy atom. The average molecular weight is 354 g/mol. The van der Waals surface area contributed by atoms with E-state index in [-0.39, 0.29) is 11.2 Å². The summed E-state index contributed by atoms with van der Waals surface area (Å²) < 4.78 is 6.73. The van der Waals surface area contributed by atoms with Crippen LogP contribution in [-0.4, -0.2) is 16.7 Å². The van der Waals surface area contributed by atoms with Crippen LogP contribution in [0.15, 0.2) is 52.1 Å². The molecule has 3 rings (SSSR count). The van der Waals surface area contributed by atoms with Gasteiger partial charge in [-0.1, -0.05) is 51.1 Å². The Bertz CT molecular complexity index is 972. The van der Waals surface area contributed by atoms with E-state index in [4.69, 9.17) is 4.74 Å². The summed E-state index contributed by atoms with van der Waals surface area (Å²) in [5, 5.41) is 0.520. The van der Waals surface area contributed by atoms with Gasteiger partial charge in [0, 0.05) is 18.5 Å². The molecule has 26 heavy (non-hydrogen) atoms. The molecule has 5 heteroatoms. The van der Waals surface area contributed by atoms with Crippen LogP contribution in [-0.2, 0) is 13.0 Å². The smallest absolute Gasteiger partial charge is 0.328 e. The second kappa shape index (κ2) is 9.04. The fraction of sp³-hybridized carbons (Fsp3) is 0.333. The molecule has 2 aromatic carbocycles. The van der Waals surface area contributed by atoms with Gasteiger partial charge in [-0.25, -0.2) is 4.79 Å². The second-order valence-electron chi connectivity index (χ2n) is 5.72. The summed E-state index contributed by atoms with van der Waals surface area (Å²) in [5.41, 5.74) is 1.79. The quantitative estimate of drug-likeness (QED) is 0.759. The first-order valence-electron chi connectivity index (χ1n) is 9.02. The van der Waals surface area contributed by atoms with E-state index in [2.05, 4.69) is 4.98 Å². The minimum atomic E-state index is -0.370. The lowest BCUT2D eigenvalue weighted by Crippen LogP contribution is -2.35. The number of methoxy groups -OCH3 is 1. The number of ether oxygens (including phenoxy) is 1. The normalized spacial score (nSPS) is 10.3. The van der Waals surface area contributed by atoms with Crippen molar-refractivity contribution in [3.8, 4) is 5.75 Å². The number of benzene rings is 2. The zero-order valence-corrected chi connectivity index (χ0v) is 15.8. The molecule has 0 aliphatic carbocycles. The SMILES string of the molecule is CC.CCCn1c(=O)[nH]c2ccc(OC)c(Cc3ccccc3)c2c1=O. The molecule has 0 aliphatic rings. The van der Waals surface area contributed by atoms with Gasteiger partial charge >= 0.3 is 5.69 Å². The van der Waals surface area contributed by atoms with E-state index in [0.717, 1.165) is 11.1 Å². The molecular weight excluding hydrogens is 328 g/mol. The van der Waals surface area contributed by atoms with E-state index in [9.17, 15) is 9.59 Å². The number of nitrogens with zero attached hydrogens (tertiary/aromatic N) is 1. The molecule has 0 bridgehead atoms. The lowest BCUT2D eigenvalue weighted by Gasteiger charge is -2.13. The van der Waals surface area contributed by atoms with Gasteiger partial charge in [0.15, 0.2) is 0 Å². The third kappa shape index (κ3) is 3.87. The van der Waals surface area contributed by atoms with Gasteiger partial charge in [0.05, 0.1) is 18.0 Å². The van der Waals surface area contributed by atoms with Crippen molar-refractivity contribution in [1.29, 1.82) is 0 Å². The molecular formula is C21H26N2O3. The predicted octanol–water partition coefficient (Wildman–Crippen LogP) is 3.73. The Morgan fingerprint density at radius 3 is 2.35 bits per heavy atom. The second-order valence-corrected chi connectivity index (χ2v) is 5.72. The molecule has 0 aliphatic heterocycles. The molecule has 138 valence electrons. The van der Waals surface area contributed by atoms with Crippen molar-refractivity contribution >= 4 is 10.9 Å². The molecule has 1 aromatic heterocycles. The van der Waals surface area contributed by atoms with Crippen molar-refractivity contribution < 1.29 is 4.74 Å². The van der Waals surface area contributed by atoms with Gasteiger partial charge in [-0.15, -0.1) is 0 Å². The van der Waals surface area contributed by atoms with Crippen LogP contribution in [0.25, 0.3) is 10.9 Å². The summed E-state index contributed by atoms with van der Waals surface area (Å²) in [4.78, 5) is 27.9. The number of nitrogens with one attached hydrogen (secondary N) is 1. The monoisotopic (exact) mass is 354 g/mol. The molecule has 0 amide bonds. The highest BCUT2D eigenvalue weighted by molar-refractivity contribution is 5.84. The fourth-order valence-electron chi connectivity index (χ4n) is 2.98. The van der Waals surface area contributed by atoms with Crippen molar-refractivity contribution in [2.45, 2.75) is 40.2 Å². The maximum Gasteiger partial charge on any atom is 0.328 e. The van der Waals surface area contributed by atoms with Crippen LogP contribution in [0, 0.1) is 0 Å². The van der Waals surface area contributed by atoms with Crippen LogP contribution in [0.5, 0.6) is 5.75 Å². The fourth-order valence-corrected chi connectivity index (χ4v) is 2.98. The topological polar surface area (TPSA) is 64.1 Å². The highest BCUT2D eigenvalue weighted by atomic mass is 16.5. The number of hydrogen-bond donors (Lipinski definition) is 1. The van der Waals surface area contributed by atoms with Gasteiger partial charge in [0.1, 0.15) is 5.75 Å². The van der Waals surface area contributed by atoms with Gasteiger partial charge in [0.25, 0.3) is 5.56 Å². The number of fused-ring (bicyclic) bond motifs is 1. The molecule has 5 nitrogen and oxygen atoms in total. The van der Waals surface area contributed by atoms with Crippen LogP contribution in [0.3, 0.4) is 0 Å². The Hall–Kier alpha value is -2.82. The third-order valence-electron chi connectivity index (χ3n) is 4.11. The first-order valence-corrected chi connectivity index (χ1v) is 9.02. The Kier molecular flexibility index (Phi) is 6.78. The van der Waals surface area contributed by atoms with Crippen molar-refractivity contribution in [3.63, 3.8) is 0 Å². The van der Waals surface area contributed by atoms with Gasteiger partial charge < -0.3 is 9.72 Å². The summed E-state index contributed by atoms with van der Waals surface area (Å²) in [6, 6.07) is 13.4. The van der Waals surface area contributed by atoms with Gasteiger partial charge in [0.2, 0.25) is 0 Å². The number of aromatic amines is 1. The Labute approximate surface area is 153 Å². The number of aromatic nitrogens is 2. The van der Waals surface area contributed by atoms with Gasteiger partial charge in [-0.05, 0) is 24.1 Å². The zero-order valence-electron chi connectivity index (χ0n) is 15.8. The molecule has 0 unspecified atom stereocenters. The molecule has 3 aromatic rings. The molecule has 0 atom stereocenters. The van der Waals surface area contributed by atoms with Gasteiger partial charge in [-0.2, -0.15) is 0 Å². The summed E-state index contributed by atoms with van der Waals surface area (Å²) in [7, 11) is 1.59. The lowest BCUT2D eigenvalue weighted by atomic mass is 10.00. The number of H-pyrrole nitrogens is 1. The van der Waals surface area contributed by atoms with E-state index in [1.54, 1.807) is 19.2 Å². The zero-order chi connectivity index (χ0) is 19.1. The van der Waals surface area contributed by atoms with E-state index >= 15 is 0 Å². The summed E-state index contributed by atoms with van der Waals surface area (Å²) in [5.74, 6) is 0.651. The predicted molar refractivity (Wildman–Crippen MR) is 106 cm³/mol. The standard InChI is InChI=1S/C19H20N2O3.C2H6/c1-3-11-21-18(22)17-14(12-13-7-5-4-6-8-13)16(24-2)10-9-15(17)20-19(21)23;1-2/h4-10H,3,11-12H2,1-2H3,(H,20,23);1-2H3. The van der Waals surface area contributed by atoms with E-state index in [1.165, 1.54) is 4.57 Å². The molecule has 1 heterocycles. The van der Waals surface area contributed by atoms with E-state index in [0.29, 0.717) is 36.0 Å². The van der Waals surface area contributed by atoms with Crippen LogP contribution >= 0.6 is 0 Å². The van der Waals surface area contributed by atoms with Crippen molar-refractivity contribution in [2.75, 3.05) is 7.11 Å². The Morgan fingerprint density at radius 1 is 1.04 bits per heavy atom. The van der Waals surface area contributed by atoms with Crippen molar-refractivity contribution in [1.82, 2.24) is 9.55 Å². The molecule has 0 saturated carbocycles. The number of hydrogen-bond acceptors (Lipinski definition) is 3. The molecule has 0 spiro atoms. The largest absolute Gasteiger partial charge is 0.496 e. The Balaban J connectivity index is 0.00000117. The molecule has 0 fully saturated rings. The lowest BCUT2D eigenvalue weighted by molar-refractivity contribution is 0.411. The highest BCUT2D eigenvalue weighted by Gasteiger charge is 2.15. The van der Waals surface area contributed by atoms with E-state index in [1.807, 2.05) is 51.1 Å². The minimum Gasteiger partial charge on any atom is -0.496 e. The van der Waals surface area contributed by atoms with Crippen molar-refractivity contribution in [2.24, 2.45) is 0 Å². The summed E-state index contributed by atoms with van der Waals surface area (Å²) in [6.07, 6.45) is 1.28. The number of rotatable bonds is 5. The molecule has 1 N–H and O–H groups in total. The van der Waals surface area contributed by atoms with Crippen LogP contribution < -0.4 is 16.0 Å². The maximum atomic E-state index is 12.9. The highest BCUT2D eigenvalue weighted by Crippen LogP contribution is 2.27. The third-order valence-corrected chi connectivity index (χ3v) is 4.11. The summed E-state index contributed by atoms with van der Waals surface area (Å²) in [6.45, 7) is 6.33. The van der Waals surface area contributed by atoms with Crippen molar-refractivity contribution in [3.05, 3.63) is 74.4 Å².